The summed E-state index contributed by atoms with van der Waals surface area (Å²) >= 11 is 5.98. The summed E-state index contributed by atoms with van der Waals surface area (Å²) in [6, 6.07) is 6.74. The number of rotatable bonds is 4. The second-order valence-electron chi connectivity index (χ2n) is 9.69. The summed E-state index contributed by atoms with van der Waals surface area (Å²) in [4.78, 5) is 27.7. The van der Waals surface area contributed by atoms with Crippen LogP contribution < -0.4 is 0 Å². The normalized spacial score (nSPS) is 22.8. The molecule has 29 heavy (non-hydrogen) atoms. The van der Waals surface area contributed by atoms with Gasteiger partial charge in [0.05, 0.1) is 5.60 Å². The average molecular weight is 425 g/mol. The van der Waals surface area contributed by atoms with Gasteiger partial charge >= 0.3 is 6.09 Å². The van der Waals surface area contributed by atoms with Crippen LogP contribution in [0.15, 0.2) is 24.3 Å². The molecular formula is C22H33ClN2O4. The number of likely N-dealkylation sites (tertiary alicyclic amines) is 1. The van der Waals surface area contributed by atoms with E-state index in [1.807, 2.05) is 46.8 Å². The second kappa shape index (κ2) is 8.15. The highest BCUT2D eigenvalue weighted by atomic mass is 35.5. The Morgan fingerprint density at radius 3 is 2.24 bits per heavy atom. The van der Waals surface area contributed by atoms with Crippen molar-refractivity contribution in [1.82, 2.24) is 9.80 Å². The van der Waals surface area contributed by atoms with E-state index < -0.39 is 28.7 Å². The third-order valence-corrected chi connectivity index (χ3v) is 6.22. The van der Waals surface area contributed by atoms with E-state index in [1.54, 1.807) is 24.0 Å². The second-order valence-corrected chi connectivity index (χ2v) is 10.1. The molecule has 2 rings (SSSR count). The molecule has 162 valence electrons. The summed E-state index contributed by atoms with van der Waals surface area (Å²) in [6.45, 7) is 11.9. The Hall–Kier alpha value is -1.79. The third-order valence-electron chi connectivity index (χ3n) is 5.96. The summed E-state index contributed by atoms with van der Waals surface area (Å²) in [6.07, 6.45) is -0.517. The van der Waals surface area contributed by atoms with Gasteiger partial charge in [0.1, 0.15) is 0 Å². The summed E-state index contributed by atoms with van der Waals surface area (Å²) in [5.74, 6) is -0.0979. The maximum absolute atomic E-state index is 12.9. The molecule has 1 saturated heterocycles. The molecule has 0 saturated carbocycles. The van der Waals surface area contributed by atoms with E-state index in [4.69, 9.17) is 11.6 Å². The monoisotopic (exact) mass is 424 g/mol. The van der Waals surface area contributed by atoms with Crippen molar-refractivity contribution >= 4 is 23.6 Å². The number of benzene rings is 1. The van der Waals surface area contributed by atoms with Crippen molar-refractivity contribution in [3.8, 4) is 0 Å². The summed E-state index contributed by atoms with van der Waals surface area (Å²) in [5.41, 5.74) is -1.45. The number of halogens is 1. The smallest absolute Gasteiger partial charge is 0.407 e. The lowest BCUT2D eigenvalue weighted by atomic mass is 9.66. The molecule has 0 bridgehead atoms. The van der Waals surface area contributed by atoms with Crippen LogP contribution >= 0.6 is 11.6 Å². The van der Waals surface area contributed by atoms with E-state index in [-0.39, 0.29) is 12.3 Å². The van der Waals surface area contributed by atoms with Gasteiger partial charge in [0, 0.05) is 41.5 Å². The Balaban J connectivity index is 2.14. The number of nitrogens with zero attached hydrogens (tertiary/aromatic N) is 2. The summed E-state index contributed by atoms with van der Waals surface area (Å²) < 4.78 is 0. The first-order valence-electron chi connectivity index (χ1n) is 9.97. The Labute approximate surface area is 178 Å². The van der Waals surface area contributed by atoms with Crippen LogP contribution in [-0.2, 0) is 10.4 Å². The van der Waals surface area contributed by atoms with Gasteiger partial charge in [-0.05, 0) is 51.8 Å². The van der Waals surface area contributed by atoms with Gasteiger partial charge in [0.15, 0.2) is 0 Å². The van der Waals surface area contributed by atoms with Gasteiger partial charge < -0.3 is 20.0 Å². The standard InChI is InChI=1S/C22H33ClN2O4/c1-15(25(19(27)28)20(2,3)4)13-18(26)24-12-11-22(29,21(5,6)14-24)16-7-9-17(23)10-8-16/h7-10,15,29H,11-14H2,1-6H3,(H,27,28). The van der Waals surface area contributed by atoms with Gasteiger partial charge in [-0.1, -0.05) is 37.6 Å². The van der Waals surface area contributed by atoms with E-state index in [9.17, 15) is 19.8 Å². The van der Waals surface area contributed by atoms with Crippen molar-refractivity contribution in [3.05, 3.63) is 34.9 Å². The first kappa shape index (κ1) is 23.5. The Kier molecular flexibility index (Phi) is 6.60. The molecule has 0 aliphatic carbocycles. The minimum Gasteiger partial charge on any atom is -0.465 e. The number of aliphatic hydroxyl groups is 1. The van der Waals surface area contributed by atoms with E-state index >= 15 is 0 Å². The molecule has 1 aliphatic rings. The summed E-state index contributed by atoms with van der Waals surface area (Å²) in [5, 5.41) is 21.6. The Morgan fingerprint density at radius 1 is 1.24 bits per heavy atom. The number of hydrogen-bond acceptors (Lipinski definition) is 3. The van der Waals surface area contributed by atoms with Gasteiger partial charge in [-0.2, -0.15) is 0 Å². The molecule has 7 heteroatoms. The van der Waals surface area contributed by atoms with Crippen molar-refractivity contribution in [2.45, 2.75) is 71.6 Å². The zero-order valence-corrected chi connectivity index (χ0v) is 19.0. The van der Waals surface area contributed by atoms with Crippen LogP contribution in [-0.4, -0.2) is 56.7 Å². The Bertz CT molecular complexity index is 757. The van der Waals surface area contributed by atoms with Crippen molar-refractivity contribution in [3.63, 3.8) is 0 Å². The molecule has 1 aliphatic heterocycles. The van der Waals surface area contributed by atoms with E-state index in [1.165, 1.54) is 4.90 Å². The lowest BCUT2D eigenvalue weighted by Crippen LogP contribution is -2.57. The molecule has 1 fully saturated rings. The SMILES string of the molecule is CC(CC(=O)N1CCC(O)(c2ccc(Cl)cc2)C(C)(C)C1)N(C(=O)O)C(C)(C)C. The lowest BCUT2D eigenvalue weighted by Gasteiger charge is -2.51. The van der Waals surface area contributed by atoms with Crippen molar-refractivity contribution in [2.24, 2.45) is 5.41 Å². The van der Waals surface area contributed by atoms with Crippen LogP contribution in [0.4, 0.5) is 4.79 Å². The fourth-order valence-corrected chi connectivity index (χ4v) is 4.53. The van der Waals surface area contributed by atoms with Crippen LogP contribution in [0.3, 0.4) is 0 Å². The van der Waals surface area contributed by atoms with Gasteiger partial charge in [-0.25, -0.2) is 4.79 Å². The van der Waals surface area contributed by atoms with Crippen LogP contribution in [0.1, 0.15) is 59.9 Å². The van der Waals surface area contributed by atoms with E-state index in [0.717, 1.165) is 5.56 Å². The molecule has 2 N–H and O–H groups in total. The molecule has 0 spiro atoms. The molecule has 2 amide bonds. The fraction of sp³-hybridized carbons (Fsp3) is 0.636. The third kappa shape index (κ3) is 4.86. The first-order valence-corrected chi connectivity index (χ1v) is 10.4. The quantitative estimate of drug-likeness (QED) is 0.753. The zero-order chi connectivity index (χ0) is 22.2. The molecule has 0 radical (unpaired) electrons. The molecule has 2 atom stereocenters. The molecule has 1 aromatic carbocycles. The van der Waals surface area contributed by atoms with Gasteiger partial charge in [-0.15, -0.1) is 0 Å². The minimum absolute atomic E-state index is 0.0979. The predicted molar refractivity (Wildman–Crippen MR) is 114 cm³/mol. The number of amides is 2. The van der Waals surface area contributed by atoms with E-state index in [0.29, 0.717) is 24.5 Å². The number of carbonyl (C=O) groups is 2. The van der Waals surface area contributed by atoms with Crippen LogP contribution in [0.2, 0.25) is 5.02 Å². The molecule has 6 nitrogen and oxygen atoms in total. The maximum Gasteiger partial charge on any atom is 0.407 e. The predicted octanol–water partition coefficient (Wildman–Crippen LogP) is 4.34. The van der Waals surface area contributed by atoms with Crippen LogP contribution in [0.25, 0.3) is 0 Å². The maximum atomic E-state index is 12.9. The number of hydrogen-bond donors (Lipinski definition) is 2. The highest BCUT2D eigenvalue weighted by Gasteiger charge is 2.49. The number of carbonyl (C=O) groups excluding carboxylic acids is 1. The van der Waals surface area contributed by atoms with Crippen LogP contribution in [0.5, 0.6) is 0 Å². The topological polar surface area (TPSA) is 81.1 Å². The molecular weight excluding hydrogens is 392 g/mol. The van der Waals surface area contributed by atoms with E-state index in [2.05, 4.69) is 0 Å². The first-order chi connectivity index (χ1) is 13.2. The van der Waals surface area contributed by atoms with Crippen molar-refractivity contribution in [1.29, 1.82) is 0 Å². The average Bonchev–Trinajstić information content (AvgIpc) is 2.55. The van der Waals surface area contributed by atoms with Crippen LogP contribution in [0, 0.1) is 5.41 Å². The molecule has 1 heterocycles. The zero-order valence-electron chi connectivity index (χ0n) is 18.2. The highest BCUT2D eigenvalue weighted by molar-refractivity contribution is 6.30. The number of piperidine rings is 1. The fourth-order valence-electron chi connectivity index (χ4n) is 4.41. The molecule has 0 aromatic heterocycles. The van der Waals surface area contributed by atoms with Gasteiger partial charge in [0.25, 0.3) is 0 Å². The van der Waals surface area contributed by atoms with Gasteiger partial charge in [-0.3, -0.25) is 4.79 Å². The minimum atomic E-state index is -1.07. The molecule has 1 aromatic rings. The van der Waals surface area contributed by atoms with Crippen molar-refractivity contribution in [2.75, 3.05) is 13.1 Å². The summed E-state index contributed by atoms with van der Waals surface area (Å²) in [7, 11) is 0. The van der Waals surface area contributed by atoms with Gasteiger partial charge in [0.2, 0.25) is 5.91 Å². The van der Waals surface area contributed by atoms with Crippen molar-refractivity contribution < 1.29 is 19.8 Å². The lowest BCUT2D eigenvalue weighted by molar-refractivity contribution is -0.154. The largest absolute Gasteiger partial charge is 0.465 e. The number of carboxylic acid groups (broad SMARTS) is 1. The Morgan fingerprint density at radius 2 is 1.79 bits per heavy atom. The highest BCUT2D eigenvalue weighted by Crippen LogP contribution is 2.46. The molecule has 2 unspecified atom stereocenters.